The van der Waals surface area contributed by atoms with Gasteiger partial charge in [-0.2, -0.15) is 0 Å². The third kappa shape index (κ3) is 0.921. The molecule has 0 aromatic rings. The Hall–Kier alpha value is -0.523. The molecule has 2 N–H and O–H groups in total. The number of rotatable bonds is 0. The second-order valence-corrected chi connectivity index (χ2v) is 2.62. The summed E-state index contributed by atoms with van der Waals surface area (Å²) in [5.74, 6) is 0. The molecule has 0 saturated heterocycles. The summed E-state index contributed by atoms with van der Waals surface area (Å²) in [4.78, 5) is 16.8. The summed E-state index contributed by atoms with van der Waals surface area (Å²) in [5.41, 5.74) is 0. The van der Waals surface area contributed by atoms with Crippen LogP contribution in [0.15, 0.2) is 12.5 Å². The third-order valence-electron chi connectivity index (χ3n) is 0.499. The molecular formula is C2H4O4Si. The van der Waals surface area contributed by atoms with Gasteiger partial charge in [0, 0.05) is 0 Å². The van der Waals surface area contributed by atoms with Gasteiger partial charge < -0.3 is 18.4 Å². The van der Waals surface area contributed by atoms with Crippen LogP contribution in [-0.4, -0.2) is 18.6 Å². The summed E-state index contributed by atoms with van der Waals surface area (Å²) in [6.45, 7) is 0. The highest BCUT2D eigenvalue weighted by Gasteiger charge is 2.42. The first kappa shape index (κ1) is 4.63. The van der Waals surface area contributed by atoms with Crippen molar-refractivity contribution in [2.24, 2.45) is 0 Å². The lowest BCUT2D eigenvalue weighted by Gasteiger charge is -2.03. The van der Waals surface area contributed by atoms with Crippen molar-refractivity contribution < 1.29 is 18.4 Å². The van der Waals surface area contributed by atoms with Crippen molar-refractivity contribution in [3.8, 4) is 0 Å². The van der Waals surface area contributed by atoms with Gasteiger partial charge in [0.15, 0.2) is 0 Å². The summed E-state index contributed by atoms with van der Waals surface area (Å²) in [6, 6.07) is 0. The van der Waals surface area contributed by atoms with E-state index in [1.165, 1.54) is 0 Å². The molecule has 0 bridgehead atoms. The zero-order chi connectivity index (χ0) is 5.33. The summed E-state index contributed by atoms with van der Waals surface area (Å²) >= 11 is 0. The van der Waals surface area contributed by atoms with Crippen LogP contribution in [-0.2, 0) is 8.85 Å². The molecule has 0 radical (unpaired) electrons. The lowest BCUT2D eigenvalue weighted by molar-refractivity contribution is 0.124. The van der Waals surface area contributed by atoms with Gasteiger partial charge in [-0.05, 0) is 0 Å². The second kappa shape index (κ2) is 1.22. The van der Waals surface area contributed by atoms with E-state index < -0.39 is 9.05 Å². The Kier molecular flexibility index (Phi) is 0.809. The topological polar surface area (TPSA) is 58.9 Å². The van der Waals surface area contributed by atoms with E-state index in [2.05, 4.69) is 8.85 Å². The van der Waals surface area contributed by atoms with Crippen molar-refractivity contribution in [1.82, 2.24) is 0 Å². The molecule has 0 aromatic heterocycles. The first-order valence-electron chi connectivity index (χ1n) is 1.66. The van der Waals surface area contributed by atoms with Gasteiger partial charge in [0.2, 0.25) is 0 Å². The molecule has 0 aromatic carbocycles. The summed E-state index contributed by atoms with van der Waals surface area (Å²) in [6.07, 6.45) is 2.21. The lowest BCUT2D eigenvalue weighted by atomic mass is 11.1. The maximum atomic E-state index is 8.38. The smallest absolute Gasteiger partial charge is 0.475 e. The Morgan fingerprint density at radius 3 is 1.71 bits per heavy atom. The number of hydrogen-bond acceptors (Lipinski definition) is 4. The van der Waals surface area contributed by atoms with Gasteiger partial charge in [0.05, 0.1) is 0 Å². The van der Waals surface area contributed by atoms with Crippen molar-refractivity contribution in [1.29, 1.82) is 0 Å². The molecule has 0 fully saturated rings. The third-order valence-corrected chi connectivity index (χ3v) is 1.38. The van der Waals surface area contributed by atoms with Crippen molar-refractivity contribution in [3.05, 3.63) is 12.5 Å². The molecule has 1 heterocycles. The van der Waals surface area contributed by atoms with Crippen molar-refractivity contribution in [2.45, 2.75) is 0 Å². The van der Waals surface area contributed by atoms with E-state index in [0.29, 0.717) is 0 Å². The molecule has 1 rings (SSSR count). The monoisotopic (exact) mass is 120 g/mol. The van der Waals surface area contributed by atoms with Crippen LogP contribution in [0, 0.1) is 0 Å². The molecule has 0 spiro atoms. The number of hydrogen-bond donors (Lipinski definition) is 2. The molecule has 0 saturated carbocycles. The van der Waals surface area contributed by atoms with E-state index in [4.69, 9.17) is 9.59 Å². The van der Waals surface area contributed by atoms with Gasteiger partial charge in [-0.3, -0.25) is 0 Å². The van der Waals surface area contributed by atoms with Gasteiger partial charge in [-0.25, -0.2) is 0 Å². The molecule has 4 nitrogen and oxygen atoms in total. The minimum absolute atomic E-state index is 1.10. The minimum atomic E-state index is -3.65. The van der Waals surface area contributed by atoms with Gasteiger partial charge in [-0.15, -0.1) is 0 Å². The van der Waals surface area contributed by atoms with Gasteiger partial charge >= 0.3 is 9.05 Å². The predicted octanol–water partition coefficient (Wildman–Crippen LogP) is -1.08. The van der Waals surface area contributed by atoms with E-state index in [9.17, 15) is 0 Å². The zero-order valence-corrected chi connectivity index (χ0v) is 4.37. The molecule has 1 aliphatic rings. The quantitative estimate of drug-likeness (QED) is 0.399. The Bertz CT molecular complexity index is 87.9. The normalized spacial score (nSPS) is 23.7. The largest absolute Gasteiger partial charge is 0.814 e. The minimum Gasteiger partial charge on any atom is -0.475 e. The molecule has 0 aliphatic carbocycles. The lowest BCUT2D eigenvalue weighted by Crippen LogP contribution is -2.36. The average Bonchev–Trinajstić information content (AvgIpc) is 1.84. The maximum Gasteiger partial charge on any atom is 0.814 e. The van der Waals surface area contributed by atoms with Gasteiger partial charge in [0.1, 0.15) is 12.5 Å². The van der Waals surface area contributed by atoms with Crippen LogP contribution in [0.25, 0.3) is 0 Å². The van der Waals surface area contributed by atoms with Crippen molar-refractivity contribution in [2.75, 3.05) is 0 Å². The van der Waals surface area contributed by atoms with E-state index in [-0.39, 0.29) is 0 Å². The highest BCUT2D eigenvalue weighted by molar-refractivity contribution is 6.51. The Balaban J connectivity index is 2.49. The van der Waals surface area contributed by atoms with E-state index in [0.717, 1.165) is 12.5 Å². The van der Waals surface area contributed by atoms with E-state index >= 15 is 0 Å². The van der Waals surface area contributed by atoms with Crippen molar-refractivity contribution in [3.63, 3.8) is 0 Å². The fraction of sp³-hybridized carbons (Fsp3) is 0. The Morgan fingerprint density at radius 1 is 1.14 bits per heavy atom. The predicted molar refractivity (Wildman–Crippen MR) is 21.5 cm³/mol. The van der Waals surface area contributed by atoms with Crippen LogP contribution in [0.5, 0.6) is 0 Å². The van der Waals surface area contributed by atoms with Crippen LogP contribution >= 0.6 is 0 Å². The van der Waals surface area contributed by atoms with E-state index in [1.807, 2.05) is 0 Å². The van der Waals surface area contributed by atoms with Crippen LogP contribution in [0.2, 0.25) is 0 Å². The van der Waals surface area contributed by atoms with E-state index in [1.54, 1.807) is 0 Å². The second-order valence-electron chi connectivity index (χ2n) is 1.06. The average molecular weight is 120 g/mol. The van der Waals surface area contributed by atoms with Crippen LogP contribution in [0.3, 0.4) is 0 Å². The zero-order valence-electron chi connectivity index (χ0n) is 3.37. The first-order valence-corrected chi connectivity index (χ1v) is 3.37. The SMILES string of the molecule is O[Si]1(O)OC=CO1. The summed E-state index contributed by atoms with van der Waals surface area (Å²) in [7, 11) is -3.65. The molecule has 5 heteroatoms. The fourth-order valence-corrected chi connectivity index (χ4v) is 0.782. The molecule has 40 valence electrons. The Morgan fingerprint density at radius 2 is 1.57 bits per heavy atom. The molecule has 0 atom stereocenters. The van der Waals surface area contributed by atoms with Crippen LogP contribution in [0.4, 0.5) is 0 Å². The van der Waals surface area contributed by atoms with Gasteiger partial charge in [-0.1, -0.05) is 0 Å². The summed E-state index contributed by atoms with van der Waals surface area (Å²) < 4.78 is 8.38. The fourth-order valence-electron chi connectivity index (χ4n) is 0.261. The Labute approximate surface area is 41.1 Å². The molecule has 0 amide bonds. The van der Waals surface area contributed by atoms with Crippen molar-refractivity contribution >= 4 is 9.05 Å². The summed E-state index contributed by atoms with van der Waals surface area (Å²) in [5, 5.41) is 0. The maximum absolute atomic E-state index is 8.38. The highest BCUT2D eigenvalue weighted by atomic mass is 28.4. The molecule has 7 heavy (non-hydrogen) atoms. The molecule has 0 unspecified atom stereocenters. The highest BCUT2D eigenvalue weighted by Crippen LogP contribution is 2.05. The first-order chi connectivity index (χ1) is 3.21. The van der Waals surface area contributed by atoms with Gasteiger partial charge in [0.25, 0.3) is 0 Å². The molecule has 1 aliphatic heterocycles. The molecular weight excluding hydrogens is 116 g/mol. The van der Waals surface area contributed by atoms with Crippen LogP contribution < -0.4 is 0 Å². The standard InChI is InChI=1S/C2H4O4Si/c3-7(4)5-1-2-6-7/h1-4H. The van der Waals surface area contributed by atoms with Crippen LogP contribution in [0.1, 0.15) is 0 Å².